The third-order valence-corrected chi connectivity index (χ3v) is 3.56. The number of benzene rings is 2. The first-order valence-corrected chi connectivity index (χ1v) is 8.06. The van der Waals surface area contributed by atoms with Crippen LogP contribution in [0.4, 0.5) is 10.5 Å². The second-order valence-corrected chi connectivity index (χ2v) is 5.43. The van der Waals surface area contributed by atoms with E-state index in [1.54, 1.807) is 0 Å². The van der Waals surface area contributed by atoms with E-state index in [2.05, 4.69) is 10.6 Å². The highest BCUT2D eigenvalue weighted by Gasteiger charge is 2.02. The smallest absolute Gasteiger partial charge is 0.319 e. The Kier molecular flexibility index (Phi) is 6.49. The van der Waals surface area contributed by atoms with E-state index < -0.39 is 0 Å². The Balaban J connectivity index is 1.69. The molecule has 0 unspecified atom stereocenters. The lowest BCUT2D eigenvalue weighted by atomic mass is 10.1. The molecule has 2 amide bonds. The average molecular weight is 328 g/mol. The molecule has 5 nitrogen and oxygen atoms in total. The van der Waals surface area contributed by atoms with Gasteiger partial charge in [-0.15, -0.1) is 0 Å². The number of rotatable bonds is 7. The van der Waals surface area contributed by atoms with Gasteiger partial charge in [0.15, 0.2) is 0 Å². The van der Waals surface area contributed by atoms with Gasteiger partial charge in [0.2, 0.25) is 0 Å². The monoisotopic (exact) mass is 328 g/mol. The zero-order valence-corrected chi connectivity index (χ0v) is 14.4. The molecule has 0 atom stereocenters. The summed E-state index contributed by atoms with van der Waals surface area (Å²) < 4.78 is 10.9. The zero-order valence-electron chi connectivity index (χ0n) is 14.4. The first-order chi connectivity index (χ1) is 11.6. The van der Waals surface area contributed by atoms with Gasteiger partial charge in [0, 0.05) is 5.69 Å². The number of urea groups is 1. The molecule has 0 spiro atoms. The number of amides is 2. The van der Waals surface area contributed by atoms with Crippen LogP contribution in [0.15, 0.2) is 42.5 Å². The number of carbonyl (C=O) groups is 1. The lowest BCUT2D eigenvalue weighted by Crippen LogP contribution is -2.32. The van der Waals surface area contributed by atoms with Crippen LogP contribution in [-0.4, -0.2) is 25.8 Å². The molecule has 0 aliphatic carbocycles. The number of ether oxygens (including phenoxy) is 2. The van der Waals surface area contributed by atoms with Crippen LogP contribution in [0.5, 0.6) is 11.5 Å². The predicted molar refractivity (Wildman–Crippen MR) is 96.0 cm³/mol. The average Bonchev–Trinajstić information content (AvgIpc) is 2.57. The molecule has 2 aromatic carbocycles. The van der Waals surface area contributed by atoms with Gasteiger partial charge in [0.25, 0.3) is 0 Å². The molecule has 0 radical (unpaired) electrons. The van der Waals surface area contributed by atoms with Crippen molar-refractivity contribution in [2.75, 3.05) is 25.1 Å². The molecule has 24 heavy (non-hydrogen) atoms. The van der Waals surface area contributed by atoms with Crippen LogP contribution in [0.2, 0.25) is 0 Å². The van der Waals surface area contributed by atoms with Crippen molar-refractivity contribution in [1.82, 2.24) is 5.32 Å². The van der Waals surface area contributed by atoms with Gasteiger partial charge in [-0.25, -0.2) is 4.79 Å². The largest absolute Gasteiger partial charge is 0.494 e. The van der Waals surface area contributed by atoms with Gasteiger partial charge in [0.05, 0.1) is 13.2 Å². The minimum absolute atomic E-state index is 0.242. The van der Waals surface area contributed by atoms with E-state index in [0.29, 0.717) is 19.8 Å². The Morgan fingerprint density at radius 1 is 0.958 bits per heavy atom. The van der Waals surface area contributed by atoms with Crippen LogP contribution in [0.3, 0.4) is 0 Å². The molecule has 2 rings (SSSR count). The number of hydrogen-bond acceptors (Lipinski definition) is 3. The van der Waals surface area contributed by atoms with Crippen LogP contribution in [-0.2, 0) is 0 Å². The van der Waals surface area contributed by atoms with Gasteiger partial charge < -0.3 is 20.1 Å². The van der Waals surface area contributed by atoms with E-state index in [0.717, 1.165) is 22.7 Å². The molecule has 128 valence electrons. The zero-order chi connectivity index (χ0) is 17.4. The summed E-state index contributed by atoms with van der Waals surface area (Å²) in [5, 5.41) is 5.58. The molecule has 0 aromatic heterocycles. The van der Waals surface area contributed by atoms with Crippen LogP contribution in [0, 0.1) is 13.8 Å². The molecule has 0 aliphatic rings. The highest BCUT2D eigenvalue weighted by molar-refractivity contribution is 5.89. The molecule has 0 aliphatic heterocycles. The summed E-state index contributed by atoms with van der Waals surface area (Å²) in [6.07, 6.45) is 0. The second-order valence-electron chi connectivity index (χ2n) is 5.43. The molecule has 0 saturated heterocycles. The fourth-order valence-electron chi connectivity index (χ4n) is 2.13. The Labute approximate surface area is 143 Å². The summed E-state index contributed by atoms with van der Waals surface area (Å²) >= 11 is 0. The Bertz CT molecular complexity index is 669. The number of hydrogen-bond donors (Lipinski definition) is 2. The number of aryl methyl sites for hydroxylation is 2. The highest BCUT2D eigenvalue weighted by atomic mass is 16.5. The van der Waals surface area contributed by atoms with Gasteiger partial charge in [-0.05, 0) is 68.3 Å². The summed E-state index contributed by atoms with van der Waals surface area (Å²) in [6, 6.07) is 13.0. The van der Waals surface area contributed by atoms with Crippen LogP contribution in [0.1, 0.15) is 18.1 Å². The van der Waals surface area contributed by atoms with E-state index in [-0.39, 0.29) is 6.03 Å². The quantitative estimate of drug-likeness (QED) is 0.758. The van der Waals surface area contributed by atoms with Crippen molar-refractivity contribution in [2.45, 2.75) is 20.8 Å². The van der Waals surface area contributed by atoms with Crippen molar-refractivity contribution in [2.24, 2.45) is 0 Å². The van der Waals surface area contributed by atoms with Gasteiger partial charge in [-0.3, -0.25) is 0 Å². The fourth-order valence-corrected chi connectivity index (χ4v) is 2.13. The fraction of sp³-hybridized carbons (Fsp3) is 0.316. The van der Waals surface area contributed by atoms with Gasteiger partial charge in [0.1, 0.15) is 18.1 Å². The SMILES string of the molecule is CCOc1ccc(OCCNC(=O)Nc2ccc(C)c(C)c2)cc1. The highest BCUT2D eigenvalue weighted by Crippen LogP contribution is 2.17. The first kappa shape index (κ1) is 17.7. The van der Waals surface area contributed by atoms with Gasteiger partial charge in [-0.1, -0.05) is 6.07 Å². The normalized spacial score (nSPS) is 10.1. The molecule has 0 heterocycles. The Morgan fingerprint density at radius 2 is 1.62 bits per heavy atom. The number of anilines is 1. The third kappa shape index (κ3) is 5.50. The standard InChI is InChI=1S/C19H24N2O3/c1-4-23-17-7-9-18(10-8-17)24-12-11-20-19(22)21-16-6-5-14(2)15(3)13-16/h5-10,13H,4,11-12H2,1-3H3,(H2,20,21,22). The minimum atomic E-state index is -0.242. The van der Waals surface area contributed by atoms with E-state index in [4.69, 9.17) is 9.47 Å². The van der Waals surface area contributed by atoms with E-state index >= 15 is 0 Å². The summed E-state index contributed by atoms with van der Waals surface area (Å²) in [5.74, 6) is 1.56. The molecular formula is C19H24N2O3. The minimum Gasteiger partial charge on any atom is -0.494 e. The first-order valence-electron chi connectivity index (χ1n) is 8.06. The van der Waals surface area contributed by atoms with Crippen LogP contribution >= 0.6 is 0 Å². The molecular weight excluding hydrogens is 304 g/mol. The number of nitrogens with one attached hydrogen (secondary N) is 2. The lowest BCUT2D eigenvalue weighted by molar-refractivity contribution is 0.247. The summed E-state index contributed by atoms with van der Waals surface area (Å²) in [5.41, 5.74) is 3.12. The van der Waals surface area contributed by atoms with Crippen molar-refractivity contribution in [3.8, 4) is 11.5 Å². The summed E-state index contributed by atoms with van der Waals surface area (Å²) in [6.45, 7) is 7.46. The molecule has 0 fully saturated rings. The Hall–Kier alpha value is -2.69. The molecule has 2 aromatic rings. The predicted octanol–water partition coefficient (Wildman–Crippen LogP) is 3.90. The van der Waals surface area contributed by atoms with Crippen molar-refractivity contribution >= 4 is 11.7 Å². The molecule has 2 N–H and O–H groups in total. The van der Waals surface area contributed by atoms with Crippen molar-refractivity contribution in [3.63, 3.8) is 0 Å². The lowest BCUT2D eigenvalue weighted by Gasteiger charge is -2.10. The third-order valence-electron chi connectivity index (χ3n) is 3.56. The van der Waals surface area contributed by atoms with Crippen molar-refractivity contribution in [3.05, 3.63) is 53.6 Å². The maximum absolute atomic E-state index is 11.8. The number of carbonyl (C=O) groups excluding carboxylic acids is 1. The maximum Gasteiger partial charge on any atom is 0.319 e. The van der Waals surface area contributed by atoms with Crippen LogP contribution < -0.4 is 20.1 Å². The van der Waals surface area contributed by atoms with Gasteiger partial charge in [-0.2, -0.15) is 0 Å². The van der Waals surface area contributed by atoms with Crippen molar-refractivity contribution < 1.29 is 14.3 Å². The molecule has 5 heteroatoms. The summed E-state index contributed by atoms with van der Waals surface area (Å²) in [7, 11) is 0. The van der Waals surface area contributed by atoms with E-state index in [1.807, 2.05) is 63.2 Å². The second kappa shape index (κ2) is 8.82. The van der Waals surface area contributed by atoms with Gasteiger partial charge >= 0.3 is 6.03 Å². The van der Waals surface area contributed by atoms with Crippen molar-refractivity contribution in [1.29, 1.82) is 0 Å². The van der Waals surface area contributed by atoms with E-state index in [9.17, 15) is 4.79 Å². The van der Waals surface area contributed by atoms with Crippen LogP contribution in [0.25, 0.3) is 0 Å². The molecule has 0 bridgehead atoms. The van der Waals surface area contributed by atoms with E-state index in [1.165, 1.54) is 5.56 Å². The summed E-state index contributed by atoms with van der Waals surface area (Å²) in [4.78, 5) is 11.8. The topological polar surface area (TPSA) is 59.6 Å². The maximum atomic E-state index is 11.8. The molecule has 0 saturated carbocycles. The Morgan fingerprint density at radius 3 is 2.25 bits per heavy atom.